The molecule has 2 amide bonds. The maximum atomic E-state index is 13.0. The van der Waals surface area contributed by atoms with Gasteiger partial charge in [0.1, 0.15) is 17.5 Å². The number of carbonyl (C=O) groups excluding carboxylic acids is 2. The number of amides is 2. The number of hydrogen-bond donors (Lipinski definition) is 2. The van der Waals surface area contributed by atoms with Crippen LogP contribution in [-0.2, 0) is 14.6 Å². The highest BCUT2D eigenvalue weighted by atomic mass is 32.2. The molecule has 0 spiro atoms. The normalized spacial score (nSPS) is 12.4. The molecule has 11 heteroatoms. The van der Waals surface area contributed by atoms with Crippen LogP contribution in [0.5, 0.6) is 11.5 Å². The van der Waals surface area contributed by atoms with Gasteiger partial charge in [-0.15, -0.1) is 0 Å². The number of aromatic nitrogens is 1. The molecule has 1 aromatic heterocycles. The smallest absolute Gasteiger partial charge is 0.252 e. The zero-order valence-electron chi connectivity index (χ0n) is 18.8. The Hall–Kier alpha value is -3.18. The van der Waals surface area contributed by atoms with Crippen molar-refractivity contribution in [1.29, 1.82) is 0 Å². The lowest BCUT2D eigenvalue weighted by molar-refractivity contribution is -0.118. The lowest BCUT2D eigenvalue weighted by Gasteiger charge is -2.21. The van der Waals surface area contributed by atoms with Crippen molar-refractivity contribution in [2.24, 2.45) is 5.92 Å². The number of anilines is 1. The number of sulfone groups is 1. The van der Waals surface area contributed by atoms with Crippen LogP contribution >= 0.6 is 11.3 Å². The first-order chi connectivity index (χ1) is 15.5. The second kappa shape index (κ2) is 9.75. The van der Waals surface area contributed by atoms with E-state index in [2.05, 4.69) is 15.6 Å². The average molecular weight is 492 g/mol. The van der Waals surface area contributed by atoms with Crippen molar-refractivity contribution in [3.05, 3.63) is 42.0 Å². The molecular formula is C22H25N3O6S2. The Morgan fingerprint density at radius 3 is 2.21 bits per heavy atom. The van der Waals surface area contributed by atoms with Gasteiger partial charge in [0.05, 0.1) is 29.3 Å². The van der Waals surface area contributed by atoms with Gasteiger partial charge in [0.2, 0.25) is 5.91 Å². The molecule has 1 heterocycles. The van der Waals surface area contributed by atoms with E-state index in [9.17, 15) is 18.0 Å². The largest absolute Gasteiger partial charge is 0.497 e. The van der Waals surface area contributed by atoms with Gasteiger partial charge in [0.25, 0.3) is 5.91 Å². The van der Waals surface area contributed by atoms with Crippen LogP contribution in [0.1, 0.15) is 24.2 Å². The van der Waals surface area contributed by atoms with Gasteiger partial charge < -0.3 is 20.1 Å². The Kier molecular flexibility index (Phi) is 7.23. The van der Waals surface area contributed by atoms with E-state index in [1.165, 1.54) is 26.4 Å². The van der Waals surface area contributed by atoms with Gasteiger partial charge in [0.15, 0.2) is 15.0 Å². The first kappa shape index (κ1) is 24.5. The molecule has 176 valence electrons. The number of benzene rings is 2. The van der Waals surface area contributed by atoms with Crippen LogP contribution in [0.3, 0.4) is 0 Å². The van der Waals surface area contributed by atoms with E-state index in [1.54, 1.807) is 24.3 Å². The third kappa shape index (κ3) is 5.79. The van der Waals surface area contributed by atoms with Crippen molar-refractivity contribution in [2.45, 2.75) is 24.8 Å². The predicted molar refractivity (Wildman–Crippen MR) is 127 cm³/mol. The number of thiazole rings is 1. The third-order valence-corrected chi connectivity index (χ3v) is 6.91. The predicted octanol–water partition coefficient (Wildman–Crippen LogP) is 3.11. The van der Waals surface area contributed by atoms with Crippen molar-refractivity contribution in [1.82, 2.24) is 10.3 Å². The van der Waals surface area contributed by atoms with E-state index in [4.69, 9.17) is 9.47 Å². The summed E-state index contributed by atoms with van der Waals surface area (Å²) >= 11 is 1.16. The summed E-state index contributed by atoms with van der Waals surface area (Å²) in [5, 5.41) is 5.79. The zero-order chi connectivity index (χ0) is 24.3. The lowest BCUT2D eigenvalue weighted by atomic mass is 10.0. The van der Waals surface area contributed by atoms with E-state index >= 15 is 0 Å². The molecule has 0 unspecified atom stereocenters. The van der Waals surface area contributed by atoms with Gasteiger partial charge in [0, 0.05) is 17.9 Å². The second-order valence-electron chi connectivity index (χ2n) is 7.71. The van der Waals surface area contributed by atoms with Gasteiger partial charge in [-0.3, -0.25) is 9.59 Å². The standard InChI is InChI=1S/C22H25N3O6S2/c1-12(2)19(24-20(26)13-8-14(30-3)10-15(9-13)31-4)21(27)25-22-23-17-7-6-16(33(5,28)29)11-18(17)32-22/h6-12,19H,1-5H3,(H,24,26)(H,23,25,27)/t19-/m0/s1. The van der Waals surface area contributed by atoms with Crippen molar-refractivity contribution < 1.29 is 27.5 Å². The minimum atomic E-state index is -3.36. The highest BCUT2D eigenvalue weighted by molar-refractivity contribution is 7.90. The fourth-order valence-corrected chi connectivity index (χ4v) is 4.70. The molecule has 2 N–H and O–H groups in total. The highest BCUT2D eigenvalue weighted by Crippen LogP contribution is 2.28. The van der Waals surface area contributed by atoms with Crippen LogP contribution < -0.4 is 20.1 Å². The molecule has 0 radical (unpaired) electrons. The number of hydrogen-bond acceptors (Lipinski definition) is 8. The van der Waals surface area contributed by atoms with Crippen LogP contribution in [0.2, 0.25) is 0 Å². The molecule has 0 aliphatic rings. The van der Waals surface area contributed by atoms with Gasteiger partial charge >= 0.3 is 0 Å². The number of ether oxygens (including phenoxy) is 2. The number of rotatable bonds is 8. The first-order valence-corrected chi connectivity index (χ1v) is 12.7. The lowest BCUT2D eigenvalue weighted by Crippen LogP contribution is -2.47. The summed E-state index contributed by atoms with van der Waals surface area (Å²) in [6, 6.07) is 8.51. The number of fused-ring (bicyclic) bond motifs is 1. The van der Waals surface area contributed by atoms with Crippen molar-refractivity contribution in [3.63, 3.8) is 0 Å². The highest BCUT2D eigenvalue weighted by Gasteiger charge is 2.26. The summed E-state index contributed by atoms with van der Waals surface area (Å²) in [4.78, 5) is 30.3. The summed E-state index contributed by atoms with van der Waals surface area (Å²) in [5.74, 6) is -0.201. The fraction of sp³-hybridized carbons (Fsp3) is 0.318. The summed E-state index contributed by atoms with van der Waals surface area (Å²) in [6.07, 6.45) is 1.13. The Morgan fingerprint density at radius 2 is 1.67 bits per heavy atom. The van der Waals surface area contributed by atoms with Crippen molar-refractivity contribution >= 4 is 48.3 Å². The summed E-state index contributed by atoms with van der Waals surface area (Å²) < 4.78 is 34.6. The fourth-order valence-electron chi connectivity index (χ4n) is 3.07. The Labute approximate surface area is 196 Å². The monoisotopic (exact) mass is 491 g/mol. The van der Waals surface area contributed by atoms with Crippen molar-refractivity contribution in [3.8, 4) is 11.5 Å². The molecule has 1 atom stereocenters. The molecule has 0 saturated carbocycles. The Bertz CT molecular complexity index is 1280. The van der Waals surface area contributed by atoms with Crippen LogP contribution in [-0.4, -0.2) is 51.7 Å². The van der Waals surface area contributed by atoms with Crippen molar-refractivity contribution in [2.75, 3.05) is 25.8 Å². The van der Waals surface area contributed by atoms with Gasteiger partial charge in [-0.25, -0.2) is 13.4 Å². The molecule has 3 aromatic rings. The Morgan fingerprint density at radius 1 is 1.03 bits per heavy atom. The minimum absolute atomic E-state index is 0.178. The molecule has 33 heavy (non-hydrogen) atoms. The molecule has 0 aliphatic heterocycles. The van der Waals surface area contributed by atoms with Crippen LogP contribution in [0, 0.1) is 5.92 Å². The summed E-state index contributed by atoms with van der Waals surface area (Å²) in [7, 11) is -0.389. The van der Waals surface area contributed by atoms with Crippen LogP contribution in [0.4, 0.5) is 5.13 Å². The maximum absolute atomic E-state index is 13.0. The molecule has 2 aromatic carbocycles. The minimum Gasteiger partial charge on any atom is -0.497 e. The van der Waals surface area contributed by atoms with E-state index in [1.807, 2.05) is 13.8 Å². The van der Waals surface area contributed by atoms with Gasteiger partial charge in [-0.2, -0.15) is 0 Å². The molecule has 9 nitrogen and oxygen atoms in total. The summed E-state index contributed by atoms with van der Waals surface area (Å²) in [5.41, 5.74) is 0.856. The second-order valence-corrected chi connectivity index (χ2v) is 10.8. The van der Waals surface area contributed by atoms with Crippen LogP contribution in [0.25, 0.3) is 10.2 Å². The molecular weight excluding hydrogens is 466 g/mol. The van der Waals surface area contributed by atoms with Crippen LogP contribution in [0.15, 0.2) is 41.3 Å². The topological polar surface area (TPSA) is 124 Å². The quantitative estimate of drug-likeness (QED) is 0.496. The van der Waals surface area contributed by atoms with Gasteiger partial charge in [-0.1, -0.05) is 25.2 Å². The maximum Gasteiger partial charge on any atom is 0.252 e. The van der Waals surface area contributed by atoms with E-state index in [0.717, 1.165) is 17.6 Å². The van der Waals surface area contributed by atoms with E-state index in [-0.39, 0.29) is 16.4 Å². The number of nitrogens with one attached hydrogen (secondary N) is 2. The molecule has 0 fully saturated rings. The SMILES string of the molecule is COc1cc(OC)cc(C(=O)N[C@H](C(=O)Nc2nc3ccc(S(C)(=O)=O)cc3s2)C(C)C)c1. The average Bonchev–Trinajstić information content (AvgIpc) is 3.17. The third-order valence-electron chi connectivity index (χ3n) is 4.87. The Balaban J connectivity index is 1.80. The number of nitrogens with zero attached hydrogens (tertiary/aromatic N) is 1. The summed E-state index contributed by atoms with van der Waals surface area (Å²) in [6.45, 7) is 3.63. The van der Waals surface area contributed by atoms with E-state index < -0.39 is 27.7 Å². The molecule has 3 rings (SSSR count). The van der Waals surface area contributed by atoms with Gasteiger partial charge in [-0.05, 0) is 36.2 Å². The number of methoxy groups -OCH3 is 2. The molecule has 0 saturated heterocycles. The van der Waals surface area contributed by atoms with E-state index in [0.29, 0.717) is 26.8 Å². The molecule has 0 aliphatic carbocycles. The first-order valence-electron chi connectivity index (χ1n) is 9.97. The zero-order valence-corrected chi connectivity index (χ0v) is 20.5. The molecule has 0 bridgehead atoms. The number of carbonyl (C=O) groups is 2.